The zero-order chi connectivity index (χ0) is 8.20. The Morgan fingerprint density at radius 2 is 1.90 bits per heavy atom. The molecular weight excluding hydrogens is 144 g/mol. The summed E-state index contributed by atoms with van der Waals surface area (Å²) in [7, 11) is 0. The molecule has 0 aromatic carbocycles. The van der Waals surface area contributed by atoms with Crippen LogP contribution in [0.3, 0.4) is 0 Å². The molecule has 0 saturated heterocycles. The van der Waals surface area contributed by atoms with Crippen molar-refractivity contribution in [2.24, 2.45) is 5.41 Å². The lowest BCUT2D eigenvalue weighted by atomic mass is 9.93. The van der Waals surface area contributed by atoms with Gasteiger partial charge in [-0.2, -0.15) is 0 Å². The van der Waals surface area contributed by atoms with Gasteiger partial charge in [0.2, 0.25) is 0 Å². The molecular formula is C8H16OS. The van der Waals surface area contributed by atoms with Crippen LogP contribution in [0.15, 0.2) is 0 Å². The summed E-state index contributed by atoms with van der Waals surface area (Å²) in [6.45, 7) is 9.12. The molecule has 0 aromatic heterocycles. The third-order valence-corrected chi connectivity index (χ3v) is 1.28. The van der Waals surface area contributed by atoms with Crippen LogP contribution in [0.1, 0.15) is 34.1 Å². The van der Waals surface area contributed by atoms with Crippen molar-refractivity contribution in [1.82, 2.24) is 0 Å². The summed E-state index contributed by atoms with van der Waals surface area (Å²) in [6, 6.07) is 0. The largest absolute Gasteiger partial charge is 0.487 e. The van der Waals surface area contributed by atoms with E-state index in [-0.39, 0.29) is 0 Å². The predicted octanol–water partition coefficient (Wildman–Crippen LogP) is 2.79. The fourth-order valence-corrected chi connectivity index (χ4v) is 0.584. The molecule has 1 nitrogen and oxygen atoms in total. The Labute approximate surface area is 68.8 Å². The van der Waals surface area contributed by atoms with Crippen molar-refractivity contribution in [3.63, 3.8) is 0 Å². The Morgan fingerprint density at radius 3 is 2.20 bits per heavy atom. The Balaban J connectivity index is 3.29. The highest BCUT2D eigenvalue weighted by Crippen LogP contribution is 2.17. The van der Waals surface area contributed by atoms with E-state index < -0.39 is 0 Å². The van der Waals surface area contributed by atoms with Crippen LogP contribution in [0, 0.1) is 5.41 Å². The summed E-state index contributed by atoms with van der Waals surface area (Å²) < 4.78 is 5.15. The third-order valence-electron chi connectivity index (χ3n) is 1.16. The monoisotopic (exact) mass is 160 g/mol. The second-order valence-corrected chi connectivity index (χ2v) is 4.23. The lowest BCUT2D eigenvalue weighted by Crippen LogP contribution is -2.10. The molecule has 0 spiro atoms. The summed E-state index contributed by atoms with van der Waals surface area (Å²) in [6.07, 6.45) is 1.06. The van der Waals surface area contributed by atoms with E-state index in [9.17, 15) is 0 Å². The highest BCUT2D eigenvalue weighted by Gasteiger charge is 2.09. The van der Waals surface area contributed by atoms with E-state index in [0.717, 1.165) is 13.0 Å². The van der Waals surface area contributed by atoms with Crippen molar-refractivity contribution in [2.45, 2.75) is 34.1 Å². The van der Waals surface area contributed by atoms with Gasteiger partial charge in [0.25, 0.3) is 0 Å². The first kappa shape index (κ1) is 9.89. The number of thiocarbonyl (C=S) groups is 1. The van der Waals surface area contributed by atoms with Crippen molar-refractivity contribution < 1.29 is 4.74 Å². The number of ether oxygens (including phenoxy) is 1. The first-order chi connectivity index (χ1) is 4.42. The lowest BCUT2D eigenvalue weighted by Gasteiger charge is -2.17. The molecule has 0 heterocycles. The van der Waals surface area contributed by atoms with Crippen LogP contribution in [-0.2, 0) is 4.74 Å². The standard InChI is InChI=1S/C8H16OS/c1-7(10)9-6-5-8(2,3)4/h5-6H2,1-4H3. The fourth-order valence-electron chi connectivity index (χ4n) is 0.501. The Morgan fingerprint density at radius 1 is 1.40 bits per heavy atom. The average molecular weight is 160 g/mol. The van der Waals surface area contributed by atoms with Gasteiger partial charge >= 0.3 is 0 Å². The van der Waals surface area contributed by atoms with E-state index in [2.05, 4.69) is 20.8 Å². The van der Waals surface area contributed by atoms with Crippen LogP contribution >= 0.6 is 12.2 Å². The summed E-state index contributed by atoms with van der Waals surface area (Å²) in [4.78, 5) is 0. The quantitative estimate of drug-likeness (QED) is 0.574. The summed E-state index contributed by atoms with van der Waals surface area (Å²) >= 11 is 4.76. The van der Waals surface area contributed by atoms with Gasteiger partial charge in [-0.15, -0.1) is 0 Å². The molecule has 0 aliphatic carbocycles. The highest BCUT2D eigenvalue weighted by atomic mass is 32.1. The zero-order valence-corrected chi connectivity index (χ0v) is 8.05. The SMILES string of the molecule is CC(=S)OCCC(C)(C)C. The second-order valence-electron chi connectivity index (χ2n) is 3.65. The van der Waals surface area contributed by atoms with Gasteiger partial charge in [0.15, 0.2) is 5.05 Å². The smallest absolute Gasteiger partial charge is 0.156 e. The van der Waals surface area contributed by atoms with Crippen LogP contribution in [0.25, 0.3) is 0 Å². The maximum absolute atomic E-state index is 5.15. The van der Waals surface area contributed by atoms with Gasteiger partial charge in [0.1, 0.15) is 0 Å². The lowest BCUT2D eigenvalue weighted by molar-refractivity contribution is 0.237. The molecule has 0 aromatic rings. The molecule has 0 atom stereocenters. The molecule has 0 aliphatic heterocycles. The Kier molecular flexibility index (Phi) is 3.87. The number of hydrogen-bond acceptors (Lipinski definition) is 2. The van der Waals surface area contributed by atoms with Crippen LogP contribution in [-0.4, -0.2) is 11.7 Å². The first-order valence-electron chi connectivity index (χ1n) is 3.55. The minimum absolute atomic E-state index is 0.352. The van der Waals surface area contributed by atoms with Gasteiger partial charge in [-0.3, -0.25) is 0 Å². The number of rotatable bonds is 2. The molecule has 0 amide bonds. The maximum Gasteiger partial charge on any atom is 0.156 e. The Bertz CT molecular complexity index is 113. The highest BCUT2D eigenvalue weighted by molar-refractivity contribution is 7.80. The molecule has 2 heteroatoms. The van der Waals surface area contributed by atoms with Gasteiger partial charge in [0.05, 0.1) is 6.61 Å². The van der Waals surface area contributed by atoms with E-state index in [1.165, 1.54) is 0 Å². The molecule has 0 aliphatic rings. The van der Waals surface area contributed by atoms with Crippen LogP contribution < -0.4 is 0 Å². The van der Waals surface area contributed by atoms with Crippen LogP contribution in [0.5, 0.6) is 0 Å². The van der Waals surface area contributed by atoms with E-state index >= 15 is 0 Å². The molecule has 0 rings (SSSR count). The van der Waals surface area contributed by atoms with Crippen LogP contribution in [0.2, 0.25) is 0 Å². The predicted molar refractivity (Wildman–Crippen MR) is 48.3 cm³/mol. The van der Waals surface area contributed by atoms with Crippen LogP contribution in [0.4, 0.5) is 0 Å². The van der Waals surface area contributed by atoms with Gasteiger partial charge in [-0.05, 0) is 24.1 Å². The molecule has 0 saturated carbocycles. The fraction of sp³-hybridized carbons (Fsp3) is 0.875. The summed E-state index contributed by atoms with van der Waals surface area (Å²) in [5.74, 6) is 0. The van der Waals surface area contributed by atoms with Crippen molar-refractivity contribution in [3.05, 3.63) is 0 Å². The number of hydrogen-bond donors (Lipinski definition) is 0. The molecule has 60 valence electrons. The van der Waals surface area contributed by atoms with E-state index in [0.29, 0.717) is 10.5 Å². The zero-order valence-electron chi connectivity index (χ0n) is 7.23. The molecule has 0 bridgehead atoms. The minimum Gasteiger partial charge on any atom is -0.487 e. The van der Waals surface area contributed by atoms with Gasteiger partial charge in [-0.1, -0.05) is 20.8 Å². The van der Waals surface area contributed by atoms with Gasteiger partial charge in [0, 0.05) is 6.92 Å². The first-order valence-corrected chi connectivity index (χ1v) is 3.96. The van der Waals surface area contributed by atoms with Crippen molar-refractivity contribution >= 4 is 17.3 Å². The van der Waals surface area contributed by atoms with E-state index in [1.54, 1.807) is 6.92 Å². The van der Waals surface area contributed by atoms with Crippen molar-refractivity contribution in [1.29, 1.82) is 0 Å². The van der Waals surface area contributed by atoms with Crippen molar-refractivity contribution in [2.75, 3.05) is 6.61 Å². The summed E-state index contributed by atoms with van der Waals surface area (Å²) in [5, 5.41) is 0.643. The molecule has 10 heavy (non-hydrogen) atoms. The van der Waals surface area contributed by atoms with Gasteiger partial charge < -0.3 is 4.74 Å². The summed E-state index contributed by atoms with van der Waals surface area (Å²) in [5.41, 5.74) is 0.352. The minimum atomic E-state index is 0.352. The topological polar surface area (TPSA) is 9.23 Å². The van der Waals surface area contributed by atoms with Gasteiger partial charge in [-0.25, -0.2) is 0 Å². The maximum atomic E-state index is 5.15. The second kappa shape index (κ2) is 3.91. The van der Waals surface area contributed by atoms with E-state index in [1.807, 2.05) is 0 Å². The van der Waals surface area contributed by atoms with E-state index in [4.69, 9.17) is 17.0 Å². The average Bonchev–Trinajstić information content (AvgIpc) is 1.59. The molecule has 0 fully saturated rings. The normalized spacial score (nSPS) is 11.2. The third kappa shape index (κ3) is 7.89. The Hall–Kier alpha value is -0.110. The van der Waals surface area contributed by atoms with Crippen molar-refractivity contribution in [3.8, 4) is 0 Å². The molecule has 0 radical (unpaired) electrons. The molecule has 0 N–H and O–H groups in total. The molecule has 0 unspecified atom stereocenters.